The summed E-state index contributed by atoms with van der Waals surface area (Å²) in [5.41, 5.74) is 2.52. The number of para-hydroxylation sites is 1. The van der Waals surface area contributed by atoms with E-state index in [4.69, 9.17) is 0 Å². The van der Waals surface area contributed by atoms with Crippen LogP contribution in [0.25, 0.3) is 10.9 Å². The molecule has 5 heteroatoms. The monoisotopic (exact) mass is 299 g/mol. The lowest BCUT2D eigenvalue weighted by atomic mass is 10.1. The fraction of sp³-hybridized carbons (Fsp3) is 0.176. The van der Waals surface area contributed by atoms with E-state index in [1.54, 1.807) is 18.2 Å². The van der Waals surface area contributed by atoms with Crippen LogP contribution >= 0.6 is 0 Å². The highest BCUT2D eigenvalue weighted by Gasteiger charge is 2.27. The number of nitrogens with zero attached hydrogens (tertiary/aromatic N) is 2. The molecule has 22 heavy (non-hydrogen) atoms. The fourth-order valence-corrected chi connectivity index (χ4v) is 2.43. The molecule has 0 saturated carbocycles. The van der Waals surface area contributed by atoms with Crippen LogP contribution in [0.4, 0.5) is 20.2 Å². The van der Waals surface area contributed by atoms with Crippen LogP contribution in [0.3, 0.4) is 0 Å². The van der Waals surface area contributed by atoms with E-state index in [0.29, 0.717) is 5.69 Å². The van der Waals surface area contributed by atoms with Crippen molar-refractivity contribution < 1.29 is 8.78 Å². The van der Waals surface area contributed by atoms with Gasteiger partial charge in [0.25, 0.3) is 5.92 Å². The molecule has 1 heterocycles. The average molecular weight is 299 g/mol. The normalized spacial score (nSPS) is 12.4. The van der Waals surface area contributed by atoms with E-state index in [9.17, 15) is 8.78 Å². The van der Waals surface area contributed by atoms with Crippen molar-refractivity contribution in [3.8, 4) is 0 Å². The SMILES string of the molecule is Cc1[nH]c2ccccc2c1N=Nc1ccccc1C(C)(F)F. The standard InChI is InChI=1S/C17H15F2N3/c1-11-16(12-7-3-5-9-14(12)20-11)22-21-15-10-6-4-8-13(15)17(2,18)19/h3-10,20H,1-2H3. The average Bonchev–Trinajstić information content (AvgIpc) is 2.80. The number of fused-ring (bicyclic) bond motifs is 1. The van der Waals surface area contributed by atoms with Crippen LogP contribution in [0, 0.1) is 6.92 Å². The molecule has 0 atom stereocenters. The van der Waals surface area contributed by atoms with Crippen LogP contribution in [0.2, 0.25) is 0 Å². The van der Waals surface area contributed by atoms with E-state index in [2.05, 4.69) is 15.2 Å². The first-order valence-corrected chi connectivity index (χ1v) is 6.93. The van der Waals surface area contributed by atoms with Gasteiger partial charge in [-0.3, -0.25) is 0 Å². The molecule has 0 radical (unpaired) electrons. The summed E-state index contributed by atoms with van der Waals surface area (Å²) in [5, 5.41) is 9.17. The number of alkyl halides is 2. The Morgan fingerprint density at radius 3 is 2.41 bits per heavy atom. The van der Waals surface area contributed by atoms with Gasteiger partial charge in [0.1, 0.15) is 5.69 Å². The first-order chi connectivity index (χ1) is 10.5. The lowest BCUT2D eigenvalue weighted by molar-refractivity contribution is 0.0181. The molecule has 112 valence electrons. The molecule has 0 unspecified atom stereocenters. The van der Waals surface area contributed by atoms with Gasteiger partial charge in [-0.1, -0.05) is 36.4 Å². The highest BCUT2D eigenvalue weighted by Crippen LogP contribution is 2.36. The molecule has 0 spiro atoms. The van der Waals surface area contributed by atoms with Gasteiger partial charge in [-0.2, -0.15) is 0 Å². The van der Waals surface area contributed by atoms with Crippen LogP contribution in [-0.2, 0) is 5.92 Å². The third-order valence-electron chi connectivity index (χ3n) is 3.49. The van der Waals surface area contributed by atoms with Crippen molar-refractivity contribution in [3.63, 3.8) is 0 Å². The van der Waals surface area contributed by atoms with Crippen LogP contribution in [0.15, 0.2) is 58.8 Å². The van der Waals surface area contributed by atoms with E-state index < -0.39 is 5.92 Å². The Morgan fingerprint density at radius 1 is 0.955 bits per heavy atom. The van der Waals surface area contributed by atoms with Gasteiger partial charge in [-0.15, -0.1) is 10.2 Å². The number of H-pyrrole nitrogens is 1. The Labute approximate surface area is 126 Å². The van der Waals surface area contributed by atoms with E-state index in [1.807, 2.05) is 31.2 Å². The van der Waals surface area contributed by atoms with E-state index >= 15 is 0 Å². The summed E-state index contributed by atoms with van der Waals surface area (Å²) in [7, 11) is 0. The van der Waals surface area contributed by atoms with Gasteiger partial charge < -0.3 is 4.98 Å². The number of benzene rings is 2. The van der Waals surface area contributed by atoms with Crippen molar-refractivity contribution in [2.75, 3.05) is 0 Å². The lowest BCUT2D eigenvalue weighted by Crippen LogP contribution is -2.06. The molecule has 0 aliphatic heterocycles. The Bertz CT molecular complexity index is 844. The third-order valence-corrected chi connectivity index (χ3v) is 3.49. The minimum Gasteiger partial charge on any atom is -0.357 e. The molecule has 0 aliphatic carbocycles. The van der Waals surface area contributed by atoms with Gasteiger partial charge in [0.05, 0.1) is 5.69 Å². The third kappa shape index (κ3) is 2.62. The molecule has 1 N–H and O–H groups in total. The number of halogens is 2. The minimum absolute atomic E-state index is 0.128. The summed E-state index contributed by atoms with van der Waals surface area (Å²) < 4.78 is 27.2. The summed E-state index contributed by atoms with van der Waals surface area (Å²) in [6, 6.07) is 13.9. The Hall–Kier alpha value is -2.56. The molecule has 0 bridgehead atoms. The molecule has 0 saturated heterocycles. The van der Waals surface area contributed by atoms with Crippen molar-refractivity contribution in [1.29, 1.82) is 0 Å². The summed E-state index contributed by atoms with van der Waals surface area (Å²) in [6.45, 7) is 2.74. The van der Waals surface area contributed by atoms with Gasteiger partial charge in [0.2, 0.25) is 0 Å². The van der Waals surface area contributed by atoms with Crippen molar-refractivity contribution in [1.82, 2.24) is 4.98 Å². The zero-order valence-corrected chi connectivity index (χ0v) is 12.3. The lowest BCUT2D eigenvalue weighted by Gasteiger charge is -2.12. The van der Waals surface area contributed by atoms with Gasteiger partial charge in [0, 0.05) is 29.1 Å². The second-order valence-corrected chi connectivity index (χ2v) is 5.25. The first-order valence-electron chi connectivity index (χ1n) is 6.93. The van der Waals surface area contributed by atoms with Gasteiger partial charge >= 0.3 is 0 Å². The molecule has 3 nitrogen and oxygen atoms in total. The van der Waals surface area contributed by atoms with E-state index in [-0.39, 0.29) is 11.3 Å². The topological polar surface area (TPSA) is 40.5 Å². The minimum atomic E-state index is -2.95. The van der Waals surface area contributed by atoms with Gasteiger partial charge in [-0.25, -0.2) is 8.78 Å². The van der Waals surface area contributed by atoms with Crippen LogP contribution in [-0.4, -0.2) is 4.98 Å². The molecule has 2 aromatic carbocycles. The summed E-state index contributed by atoms with van der Waals surface area (Å²) in [6.07, 6.45) is 0. The number of nitrogens with one attached hydrogen (secondary N) is 1. The number of aromatic nitrogens is 1. The maximum Gasteiger partial charge on any atom is 0.272 e. The predicted octanol–water partition coefficient (Wildman–Crippen LogP) is 6.00. The van der Waals surface area contributed by atoms with Crippen molar-refractivity contribution in [3.05, 3.63) is 59.8 Å². The number of hydrogen-bond donors (Lipinski definition) is 1. The van der Waals surface area contributed by atoms with Crippen LogP contribution < -0.4 is 0 Å². The predicted molar refractivity (Wildman–Crippen MR) is 83.2 cm³/mol. The number of aromatic amines is 1. The first kappa shape index (κ1) is 14.4. The van der Waals surface area contributed by atoms with Crippen LogP contribution in [0.5, 0.6) is 0 Å². The molecule has 0 aliphatic rings. The van der Waals surface area contributed by atoms with E-state index in [0.717, 1.165) is 23.5 Å². The number of azo groups is 1. The molecular weight excluding hydrogens is 284 g/mol. The maximum absolute atomic E-state index is 13.6. The summed E-state index contributed by atoms with van der Waals surface area (Å²) in [5.74, 6) is -2.95. The number of aryl methyl sites for hydroxylation is 1. The smallest absolute Gasteiger partial charge is 0.272 e. The van der Waals surface area contributed by atoms with Crippen LogP contribution in [0.1, 0.15) is 18.2 Å². The fourth-order valence-electron chi connectivity index (χ4n) is 2.43. The van der Waals surface area contributed by atoms with Gasteiger partial charge in [-0.05, 0) is 19.1 Å². The molecule has 1 aromatic heterocycles. The summed E-state index contributed by atoms with van der Waals surface area (Å²) in [4.78, 5) is 3.21. The van der Waals surface area contributed by atoms with E-state index in [1.165, 1.54) is 6.07 Å². The maximum atomic E-state index is 13.6. The molecule has 3 aromatic rings. The molecule has 3 rings (SSSR count). The molecular formula is C17H15F2N3. The highest BCUT2D eigenvalue weighted by molar-refractivity contribution is 5.92. The van der Waals surface area contributed by atoms with Crippen molar-refractivity contribution >= 4 is 22.3 Å². The van der Waals surface area contributed by atoms with Crippen molar-refractivity contribution in [2.45, 2.75) is 19.8 Å². The largest absolute Gasteiger partial charge is 0.357 e. The second-order valence-electron chi connectivity index (χ2n) is 5.25. The Kier molecular flexibility index (Phi) is 3.48. The molecule has 0 fully saturated rings. The molecule has 0 amide bonds. The quantitative estimate of drug-likeness (QED) is 0.576. The number of hydrogen-bond acceptors (Lipinski definition) is 2. The van der Waals surface area contributed by atoms with Crippen molar-refractivity contribution in [2.24, 2.45) is 10.2 Å². The zero-order valence-electron chi connectivity index (χ0n) is 12.3. The van der Waals surface area contributed by atoms with Gasteiger partial charge in [0.15, 0.2) is 0 Å². The zero-order chi connectivity index (χ0) is 15.7. The summed E-state index contributed by atoms with van der Waals surface area (Å²) >= 11 is 0. The Morgan fingerprint density at radius 2 is 1.64 bits per heavy atom. The Balaban J connectivity index is 2.06. The number of rotatable bonds is 3. The second kappa shape index (κ2) is 5.33. The highest BCUT2D eigenvalue weighted by atomic mass is 19.3.